The summed E-state index contributed by atoms with van der Waals surface area (Å²) in [7, 11) is -3.78. The van der Waals surface area contributed by atoms with E-state index >= 15 is 0 Å². The smallest absolute Gasteiger partial charge is 0.244 e. The Kier molecular flexibility index (Phi) is 9.17. The van der Waals surface area contributed by atoms with Gasteiger partial charge in [0.05, 0.1) is 11.9 Å². The summed E-state index contributed by atoms with van der Waals surface area (Å²) in [6.07, 6.45) is 1.03. The van der Waals surface area contributed by atoms with Crippen molar-refractivity contribution in [3.05, 3.63) is 63.6 Å². The standard InChI is InChI=1S/C23H29Cl2N3O4S/c1-15(2)26-23(30)17(4)27(13-19-20(24)7-6-8-21(19)25)22(29)14-28(33(5,31)32)18-11-9-16(3)10-12-18/h6-12,15,17H,13-14H2,1-5H3,(H,26,30)/t17-/m0/s1. The molecule has 0 saturated heterocycles. The van der Waals surface area contributed by atoms with Crippen LogP contribution in [0.25, 0.3) is 0 Å². The highest BCUT2D eigenvalue weighted by molar-refractivity contribution is 7.92. The number of carbonyl (C=O) groups is 2. The molecular formula is C23H29Cl2N3O4S. The van der Waals surface area contributed by atoms with Crippen LogP contribution >= 0.6 is 23.2 Å². The van der Waals surface area contributed by atoms with Gasteiger partial charge in [-0.25, -0.2) is 8.42 Å². The number of halogens is 2. The van der Waals surface area contributed by atoms with Gasteiger partial charge in [-0.05, 0) is 52.0 Å². The second-order valence-corrected chi connectivity index (χ2v) is 10.9. The van der Waals surface area contributed by atoms with Crippen molar-refractivity contribution in [2.24, 2.45) is 0 Å². The number of nitrogens with one attached hydrogen (secondary N) is 1. The Morgan fingerprint density at radius 1 is 1.00 bits per heavy atom. The fraction of sp³-hybridized carbons (Fsp3) is 0.391. The molecule has 2 aromatic rings. The van der Waals surface area contributed by atoms with E-state index in [1.165, 1.54) is 4.90 Å². The van der Waals surface area contributed by atoms with Crippen molar-refractivity contribution >= 4 is 50.7 Å². The Bertz CT molecular complexity index is 1080. The van der Waals surface area contributed by atoms with Gasteiger partial charge in [0, 0.05) is 28.2 Å². The molecule has 0 bridgehead atoms. The summed E-state index contributed by atoms with van der Waals surface area (Å²) in [6, 6.07) is 10.7. The van der Waals surface area contributed by atoms with Crippen molar-refractivity contribution in [3.8, 4) is 0 Å². The van der Waals surface area contributed by atoms with E-state index in [4.69, 9.17) is 23.2 Å². The molecule has 1 N–H and O–H groups in total. The molecule has 0 aliphatic carbocycles. The van der Waals surface area contributed by atoms with E-state index in [1.54, 1.807) is 49.4 Å². The number of anilines is 1. The second-order valence-electron chi connectivity index (χ2n) is 8.17. The zero-order valence-corrected chi connectivity index (χ0v) is 21.6. The summed E-state index contributed by atoms with van der Waals surface area (Å²) < 4.78 is 26.1. The summed E-state index contributed by atoms with van der Waals surface area (Å²) in [5.74, 6) is -0.939. The van der Waals surface area contributed by atoms with E-state index < -0.39 is 28.5 Å². The van der Waals surface area contributed by atoms with Gasteiger partial charge in [-0.15, -0.1) is 0 Å². The number of rotatable bonds is 9. The largest absolute Gasteiger partial charge is 0.352 e. The fourth-order valence-corrected chi connectivity index (χ4v) is 4.53. The zero-order chi connectivity index (χ0) is 24.9. The summed E-state index contributed by atoms with van der Waals surface area (Å²) in [4.78, 5) is 27.5. The predicted molar refractivity (Wildman–Crippen MR) is 133 cm³/mol. The first kappa shape index (κ1) is 27.0. The molecule has 2 rings (SSSR count). The number of amides is 2. The first-order valence-corrected chi connectivity index (χ1v) is 13.0. The van der Waals surface area contributed by atoms with Crippen molar-refractivity contribution < 1.29 is 18.0 Å². The Morgan fingerprint density at radius 3 is 2.03 bits per heavy atom. The zero-order valence-electron chi connectivity index (χ0n) is 19.3. The van der Waals surface area contributed by atoms with E-state index in [0.717, 1.165) is 16.1 Å². The van der Waals surface area contributed by atoms with Gasteiger partial charge in [0.2, 0.25) is 21.8 Å². The fourth-order valence-electron chi connectivity index (χ4n) is 3.17. The highest BCUT2D eigenvalue weighted by Gasteiger charge is 2.31. The van der Waals surface area contributed by atoms with Gasteiger partial charge in [-0.1, -0.05) is 47.0 Å². The van der Waals surface area contributed by atoms with E-state index in [0.29, 0.717) is 21.3 Å². The Morgan fingerprint density at radius 2 is 1.55 bits per heavy atom. The van der Waals surface area contributed by atoms with Crippen LogP contribution < -0.4 is 9.62 Å². The monoisotopic (exact) mass is 513 g/mol. The topological polar surface area (TPSA) is 86.8 Å². The summed E-state index contributed by atoms with van der Waals surface area (Å²) in [6.45, 7) is 6.54. The molecule has 0 aliphatic heterocycles. The Hall–Kier alpha value is -2.29. The normalized spacial score (nSPS) is 12.4. The van der Waals surface area contributed by atoms with Crippen LogP contribution in [0.2, 0.25) is 10.0 Å². The lowest BCUT2D eigenvalue weighted by atomic mass is 10.1. The van der Waals surface area contributed by atoms with E-state index in [1.807, 2.05) is 20.8 Å². The molecule has 2 aromatic carbocycles. The van der Waals surface area contributed by atoms with Crippen molar-refractivity contribution in [3.63, 3.8) is 0 Å². The molecule has 0 heterocycles. The van der Waals surface area contributed by atoms with E-state index in [2.05, 4.69) is 5.32 Å². The molecule has 2 amide bonds. The van der Waals surface area contributed by atoms with Crippen molar-refractivity contribution in [2.75, 3.05) is 17.1 Å². The van der Waals surface area contributed by atoms with Crippen LogP contribution in [0, 0.1) is 6.92 Å². The number of hydrogen-bond donors (Lipinski definition) is 1. The molecule has 33 heavy (non-hydrogen) atoms. The van der Waals surface area contributed by atoms with E-state index in [9.17, 15) is 18.0 Å². The third-order valence-corrected chi connectivity index (χ3v) is 6.84. The average Bonchev–Trinajstić information content (AvgIpc) is 2.70. The van der Waals surface area contributed by atoms with Gasteiger partial charge >= 0.3 is 0 Å². The van der Waals surface area contributed by atoms with Gasteiger partial charge in [0.1, 0.15) is 12.6 Å². The van der Waals surface area contributed by atoms with Crippen LogP contribution in [0.4, 0.5) is 5.69 Å². The average molecular weight is 514 g/mol. The number of aryl methyl sites for hydroxylation is 1. The molecule has 0 spiro atoms. The lowest BCUT2D eigenvalue weighted by Crippen LogP contribution is -2.52. The SMILES string of the molecule is Cc1ccc(N(CC(=O)N(Cc2c(Cl)cccc2Cl)[C@@H](C)C(=O)NC(C)C)S(C)(=O)=O)cc1. The number of nitrogens with zero attached hydrogens (tertiary/aromatic N) is 2. The lowest BCUT2D eigenvalue weighted by Gasteiger charge is -2.32. The molecule has 1 atom stereocenters. The Balaban J connectivity index is 2.44. The quantitative estimate of drug-likeness (QED) is 0.548. The predicted octanol–water partition coefficient (Wildman–Crippen LogP) is 4.01. The maximum Gasteiger partial charge on any atom is 0.244 e. The molecular weight excluding hydrogens is 485 g/mol. The number of benzene rings is 2. The third-order valence-electron chi connectivity index (χ3n) is 4.99. The number of carbonyl (C=O) groups excluding carboxylic acids is 2. The number of sulfonamides is 1. The van der Waals surface area contributed by atoms with Crippen molar-refractivity contribution in [2.45, 2.75) is 46.3 Å². The maximum absolute atomic E-state index is 13.5. The molecule has 0 radical (unpaired) electrons. The molecule has 0 aliphatic rings. The van der Waals surface area contributed by atoms with Crippen LogP contribution in [0.5, 0.6) is 0 Å². The maximum atomic E-state index is 13.5. The third kappa shape index (κ3) is 7.35. The van der Waals surface area contributed by atoms with Crippen LogP contribution in [-0.4, -0.2) is 50.0 Å². The summed E-state index contributed by atoms with van der Waals surface area (Å²) in [5, 5.41) is 3.47. The highest BCUT2D eigenvalue weighted by Crippen LogP contribution is 2.27. The molecule has 0 fully saturated rings. The van der Waals surface area contributed by atoms with Crippen LogP contribution in [0.3, 0.4) is 0 Å². The van der Waals surface area contributed by atoms with Crippen LogP contribution in [-0.2, 0) is 26.2 Å². The van der Waals surface area contributed by atoms with Gasteiger partial charge < -0.3 is 10.2 Å². The summed E-state index contributed by atoms with van der Waals surface area (Å²) >= 11 is 12.6. The molecule has 7 nitrogen and oxygen atoms in total. The van der Waals surface area contributed by atoms with Gasteiger partial charge in [-0.2, -0.15) is 0 Å². The van der Waals surface area contributed by atoms with Crippen LogP contribution in [0.1, 0.15) is 31.9 Å². The van der Waals surface area contributed by atoms with Gasteiger partial charge in [0.15, 0.2) is 0 Å². The minimum atomic E-state index is -3.78. The minimum Gasteiger partial charge on any atom is -0.352 e. The van der Waals surface area contributed by atoms with Gasteiger partial charge in [0.25, 0.3) is 0 Å². The molecule has 10 heteroatoms. The number of hydrogen-bond acceptors (Lipinski definition) is 4. The minimum absolute atomic E-state index is 0.0600. The molecule has 0 aromatic heterocycles. The molecule has 0 saturated carbocycles. The highest BCUT2D eigenvalue weighted by atomic mass is 35.5. The molecule has 180 valence electrons. The lowest BCUT2D eigenvalue weighted by molar-refractivity contribution is -0.139. The van der Waals surface area contributed by atoms with Crippen molar-refractivity contribution in [1.82, 2.24) is 10.2 Å². The summed E-state index contributed by atoms with van der Waals surface area (Å²) in [5.41, 5.74) is 1.78. The molecule has 0 unspecified atom stereocenters. The second kappa shape index (κ2) is 11.2. The van der Waals surface area contributed by atoms with E-state index in [-0.39, 0.29) is 18.5 Å². The van der Waals surface area contributed by atoms with Crippen LogP contribution in [0.15, 0.2) is 42.5 Å². The first-order valence-electron chi connectivity index (χ1n) is 10.4. The Labute approximate surface area is 205 Å². The van der Waals surface area contributed by atoms with Crippen molar-refractivity contribution in [1.29, 1.82) is 0 Å². The first-order chi connectivity index (χ1) is 15.3. The van der Waals surface area contributed by atoms with Gasteiger partial charge in [-0.3, -0.25) is 13.9 Å².